The summed E-state index contributed by atoms with van der Waals surface area (Å²) in [5.41, 5.74) is 0.931. The summed E-state index contributed by atoms with van der Waals surface area (Å²) in [7, 11) is 1.60. The molecule has 2 aromatic heterocycles. The van der Waals surface area contributed by atoms with Crippen molar-refractivity contribution in [3.05, 3.63) is 47.0 Å². The van der Waals surface area contributed by atoms with Gasteiger partial charge >= 0.3 is 0 Å². The number of halogens is 1. The largest absolute Gasteiger partial charge is 0.480 e. The Hall–Kier alpha value is -2.52. The molecular weight excluding hydrogens is 412 g/mol. The molecule has 4 rings (SSSR count). The SMILES string of the molecule is COc1cncc(N2CCN(Cc3nc(-c4cccc(Br)c4)no3)CC2)n1. The van der Waals surface area contributed by atoms with Crippen molar-refractivity contribution in [2.45, 2.75) is 6.54 Å². The van der Waals surface area contributed by atoms with Gasteiger partial charge in [-0.2, -0.15) is 9.97 Å². The lowest BCUT2D eigenvalue weighted by molar-refractivity contribution is 0.215. The molecule has 8 nitrogen and oxygen atoms in total. The van der Waals surface area contributed by atoms with Crippen molar-refractivity contribution in [3.8, 4) is 17.3 Å². The number of nitrogens with zero attached hydrogens (tertiary/aromatic N) is 6. The van der Waals surface area contributed by atoms with E-state index in [2.05, 4.69) is 45.8 Å². The quantitative estimate of drug-likeness (QED) is 0.610. The van der Waals surface area contributed by atoms with Gasteiger partial charge in [0.15, 0.2) is 5.82 Å². The number of anilines is 1. The summed E-state index contributed by atoms with van der Waals surface area (Å²) >= 11 is 3.46. The highest BCUT2D eigenvalue weighted by molar-refractivity contribution is 9.10. The Bertz CT molecular complexity index is 910. The first kappa shape index (κ1) is 17.9. The first-order valence-corrected chi connectivity index (χ1v) is 9.42. The average Bonchev–Trinajstić information content (AvgIpc) is 3.17. The van der Waals surface area contributed by atoms with Crippen molar-refractivity contribution in [1.29, 1.82) is 0 Å². The molecule has 1 saturated heterocycles. The molecule has 140 valence electrons. The van der Waals surface area contributed by atoms with Gasteiger partial charge in [-0.25, -0.2) is 0 Å². The number of piperazine rings is 1. The van der Waals surface area contributed by atoms with Gasteiger partial charge in [0.1, 0.15) is 0 Å². The van der Waals surface area contributed by atoms with Crippen molar-refractivity contribution in [2.75, 3.05) is 38.2 Å². The Morgan fingerprint density at radius 2 is 2.00 bits per heavy atom. The van der Waals surface area contributed by atoms with Crippen molar-refractivity contribution in [3.63, 3.8) is 0 Å². The third-order valence-electron chi connectivity index (χ3n) is 4.41. The van der Waals surface area contributed by atoms with Gasteiger partial charge in [-0.15, -0.1) is 0 Å². The second-order valence-electron chi connectivity index (χ2n) is 6.20. The molecule has 27 heavy (non-hydrogen) atoms. The van der Waals surface area contributed by atoms with Crippen LogP contribution in [-0.2, 0) is 6.54 Å². The van der Waals surface area contributed by atoms with Crippen molar-refractivity contribution in [2.24, 2.45) is 0 Å². The van der Waals surface area contributed by atoms with E-state index in [0.29, 0.717) is 24.1 Å². The lowest BCUT2D eigenvalue weighted by Gasteiger charge is -2.34. The van der Waals surface area contributed by atoms with Gasteiger partial charge in [0, 0.05) is 36.2 Å². The molecule has 3 heterocycles. The van der Waals surface area contributed by atoms with Crippen LogP contribution in [0, 0.1) is 0 Å². The van der Waals surface area contributed by atoms with Crippen LogP contribution in [0.4, 0.5) is 5.82 Å². The van der Waals surface area contributed by atoms with Gasteiger partial charge < -0.3 is 14.2 Å². The van der Waals surface area contributed by atoms with Gasteiger partial charge in [-0.3, -0.25) is 9.88 Å². The fourth-order valence-electron chi connectivity index (χ4n) is 2.98. The highest BCUT2D eigenvalue weighted by Gasteiger charge is 2.21. The maximum Gasteiger partial charge on any atom is 0.241 e. The van der Waals surface area contributed by atoms with E-state index in [1.807, 2.05) is 24.3 Å². The minimum atomic E-state index is 0.529. The van der Waals surface area contributed by atoms with Gasteiger partial charge in [-0.1, -0.05) is 33.2 Å². The Morgan fingerprint density at radius 1 is 1.15 bits per heavy atom. The van der Waals surface area contributed by atoms with E-state index in [9.17, 15) is 0 Å². The minimum absolute atomic E-state index is 0.529. The van der Waals surface area contributed by atoms with Crippen LogP contribution in [0.2, 0.25) is 0 Å². The van der Waals surface area contributed by atoms with E-state index >= 15 is 0 Å². The Kier molecular flexibility index (Phi) is 5.30. The van der Waals surface area contributed by atoms with E-state index in [-0.39, 0.29) is 0 Å². The lowest BCUT2D eigenvalue weighted by atomic mass is 10.2. The molecule has 0 bridgehead atoms. The average molecular weight is 431 g/mol. The van der Waals surface area contributed by atoms with Crippen molar-refractivity contribution >= 4 is 21.7 Å². The molecule has 1 aliphatic heterocycles. The summed E-state index contributed by atoms with van der Waals surface area (Å²) in [6, 6.07) is 7.86. The summed E-state index contributed by atoms with van der Waals surface area (Å²) in [4.78, 5) is 17.6. The van der Waals surface area contributed by atoms with Crippen LogP contribution in [-0.4, -0.2) is 58.3 Å². The molecule has 1 aliphatic rings. The maximum atomic E-state index is 5.43. The van der Waals surface area contributed by atoms with Crippen LogP contribution >= 0.6 is 15.9 Å². The normalized spacial score (nSPS) is 15.1. The van der Waals surface area contributed by atoms with Gasteiger partial charge in [-0.05, 0) is 12.1 Å². The van der Waals surface area contributed by atoms with Crippen LogP contribution in [0.5, 0.6) is 5.88 Å². The number of ether oxygens (including phenoxy) is 1. The molecule has 1 fully saturated rings. The molecule has 0 N–H and O–H groups in total. The third-order valence-corrected chi connectivity index (χ3v) is 4.91. The third kappa shape index (κ3) is 4.25. The maximum absolute atomic E-state index is 5.43. The molecule has 0 unspecified atom stereocenters. The van der Waals surface area contributed by atoms with Gasteiger partial charge in [0.05, 0.1) is 26.0 Å². The summed E-state index contributed by atoms with van der Waals surface area (Å²) in [5, 5.41) is 4.10. The molecule has 1 aromatic carbocycles. The zero-order valence-electron chi connectivity index (χ0n) is 14.9. The van der Waals surface area contributed by atoms with Gasteiger partial charge in [0.2, 0.25) is 17.6 Å². The second-order valence-corrected chi connectivity index (χ2v) is 7.12. The molecule has 3 aromatic rings. The first-order chi connectivity index (χ1) is 13.2. The summed E-state index contributed by atoms with van der Waals surface area (Å²) in [5.74, 6) is 2.60. The molecular formula is C18H19BrN6O2. The van der Waals surface area contributed by atoms with Crippen LogP contribution in [0.15, 0.2) is 45.7 Å². The van der Waals surface area contributed by atoms with E-state index in [1.165, 1.54) is 0 Å². The van der Waals surface area contributed by atoms with E-state index in [4.69, 9.17) is 9.26 Å². The van der Waals surface area contributed by atoms with Crippen molar-refractivity contribution in [1.82, 2.24) is 25.0 Å². The standard InChI is InChI=1S/C18H19BrN6O2/c1-26-16-11-20-10-15(21-16)25-7-5-24(6-8-25)12-17-22-18(23-27-17)13-3-2-4-14(19)9-13/h2-4,9-11H,5-8,12H2,1H3. The van der Waals surface area contributed by atoms with Crippen LogP contribution in [0.1, 0.15) is 5.89 Å². The molecule has 0 aliphatic carbocycles. The molecule has 0 spiro atoms. The number of hydrogen-bond donors (Lipinski definition) is 0. The molecule has 0 radical (unpaired) electrons. The zero-order valence-corrected chi connectivity index (χ0v) is 16.5. The minimum Gasteiger partial charge on any atom is -0.480 e. The Morgan fingerprint density at radius 3 is 2.78 bits per heavy atom. The van der Waals surface area contributed by atoms with Gasteiger partial charge in [0.25, 0.3) is 0 Å². The van der Waals surface area contributed by atoms with E-state index < -0.39 is 0 Å². The number of aromatic nitrogens is 4. The zero-order chi connectivity index (χ0) is 18.6. The number of hydrogen-bond acceptors (Lipinski definition) is 8. The lowest BCUT2D eigenvalue weighted by Crippen LogP contribution is -2.46. The highest BCUT2D eigenvalue weighted by atomic mass is 79.9. The number of rotatable bonds is 5. The van der Waals surface area contributed by atoms with Crippen LogP contribution < -0.4 is 9.64 Å². The Balaban J connectivity index is 1.35. The predicted molar refractivity (Wildman–Crippen MR) is 104 cm³/mol. The molecule has 9 heteroatoms. The van der Waals surface area contributed by atoms with E-state index in [0.717, 1.165) is 42.0 Å². The summed E-state index contributed by atoms with van der Waals surface area (Å²) in [6.07, 6.45) is 3.37. The highest BCUT2D eigenvalue weighted by Crippen LogP contribution is 2.21. The molecule has 0 atom stereocenters. The van der Waals surface area contributed by atoms with Crippen LogP contribution in [0.3, 0.4) is 0 Å². The molecule has 0 amide bonds. The number of benzene rings is 1. The smallest absolute Gasteiger partial charge is 0.241 e. The van der Waals surface area contributed by atoms with Crippen molar-refractivity contribution < 1.29 is 9.26 Å². The Labute approximate surface area is 165 Å². The fourth-order valence-corrected chi connectivity index (χ4v) is 3.38. The topological polar surface area (TPSA) is 80.4 Å². The van der Waals surface area contributed by atoms with Crippen LogP contribution in [0.25, 0.3) is 11.4 Å². The fraction of sp³-hybridized carbons (Fsp3) is 0.333. The second kappa shape index (κ2) is 8.01. The van der Waals surface area contributed by atoms with E-state index in [1.54, 1.807) is 19.5 Å². The molecule has 0 saturated carbocycles. The summed E-state index contributed by atoms with van der Waals surface area (Å²) < 4.78 is 11.6. The predicted octanol–water partition coefficient (Wildman–Crippen LogP) is 2.62. The number of methoxy groups -OCH3 is 1. The summed E-state index contributed by atoms with van der Waals surface area (Å²) in [6.45, 7) is 4.11. The monoisotopic (exact) mass is 430 g/mol. The first-order valence-electron chi connectivity index (χ1n) is 8.63.